The number of aromatic nitrogens is 2. The van der Waals surface area contributed by atoms with E-state index in [-0.39, 0.29) is 18.3 Å². The summed E-state index contributed by atoms with van der Waals surface area (Å²) >= 11 is 0. The Morgan fingerprint density at radius 3 is 2.75 bits per heavy atom. The highest BCUT2D eigenvalue weighted by atomic mass is 35.5. The topological polar surface area (TPSA) is 72.9 Å². The fraction of sp³-hybridized carbons (Fsp3) is 0.286. The summed E-state index contributed by atoms with van der Waals surface area (Å²) in [5.74, 6) is 0.0180. The lowest BCUT2D eigenvalue weighted by Gasteiger charge is -2.07. The summed E-state index contributed by atoms with van der Waals surface area (Å²) in [4.78, 5) is 11.8. The molecule has 0 bridgehead atoms. The van der Waals surface area contributed by atoms with Crippen molar-refractivity contribution in [3.63, 3.8) is 0 Å². The van der Waals surface area contributed by atoms with Crippen LogP contribution >= 0.6 is 12.4 Å². The molecule has 5 nitrogen and oxygen atoms in total. The Morgan fingerprint density at radius 1 is 1.35 bits per heavy atom. The number of halogens is 1. The highest BCUT2D eigenvalue weighted by Gasteiger charge is 2.05. The van der Waals surface area contributed by atoms with Gasteiger partial charge in [0.15, 0.2) is 0 Å². The average Bonchev–Trinajstić information content (AvgIpc) is 2.81. The van der Waals surface area contributed by atoms with Gasteiger partial charge in [0.05, 0.1) is 12.2 Å². The normalized spacial score (nSPS) is 9.85. The van der Waals surface area contributed by atoms with Crippen LogP contribution < -0.4 is 11.1 Å². The van der Waals surface area contributed by atoms with Gasteiger partial charge < -0.3 is 11.1 Å². The highest BCUT2D eigenvalue weighted by molar-refractivity contribution is 5.85. The molecule has 6 heteroatoms. The van der Waals surface area contributed by atoms with E-state index in [0.29, 0.717) is 19.4 Å². The molecule has 3 N–H and O–H groups in total. The lowest BCUT2D eigenvalue weighted by molar-refractivity contribution is -0.121. The van der Waals surface area contributed by atoms with Crippen molar-refractivity contribution < 1.29 is 4.79 Å². The van der Waals surface area contributed by atoms with Gasteiger partial charge in [0, 0.05) is 25.4 Å². The van der Waals surface area contributed by atoms with Crippen LogP contribution in [0.1, 0.15) is 17.7 Å². The summed E-state index contributed by atoms with van der Waals surface area (Å²) in [6, 6.07) is 9.50. The number of benzene rings is 1. The van der Waals surface area contributed by atoms with Crippen LogP contribution in [0.25, 0.3) is 0 Å². The van der Waals surface area contributed by atoms with E-state index in [9.17, 15) is 4.79 Å². The van der Waals surface area contributed by atoms with Crippen molar-refractivity contribution in [2.45, 2.75) is 19.4 Å². The van der Waals surface area contributed by atoms with Gasteiger partial charge in [0.1, 0.15) is 0 Å². The van der Waals surface area contributed by atoms with Gasteiger partial charge in [-0.3, -0.25) is 9.48 Å². The number of carbonyl (C=O) groups excluding carboxylic acids is 1. The van der Waals surface area contributed by atoms with Crippen LogP contribution in [0, 0.1) is 0 Å². The summed E-state index contributed by atoms with van der Waals surface area (Å²) in [6.07, 6.45) is 2.81. The van der Waals surface area contributed by atoms with Crippen LogP contribution in [-0.2, 0) is 24.8 Å². The smallest absolute Gasteiger partial charge is 0.220 e. The number of nitrogens with one attached hydrogen (secondary N) is 1. The number of hydrogen-bond donors (Lipinski definition) is 2. The Balaban J connectivity index is 0.00000200. The van der Waals surface area contributed by atoms with E-state index in [1.54, 1.807) is 10.9 Å². The molecule has 0 fully saturated rings. The fourth-order valence-electron chi connectivity index (χ4n) is 1.86. The SMILES string of the molecule is Cl.Cn1nccc1CNC(=O)CCc1ccccc1N. The number of hydrogen-bond acceptors (Lipinski definition) is 3. The quantitative estimate of drug-likeness (QED) is 0.824. The standard InChI is InChI=1S/C14H18N4O.ClH/c1-18-12(8-9-17-18)10-16-14(19)7-6-11-4-2-3-5-13(11)15;/h2-5,8-9H,6-7,10,15H2,1H3,(H,16,19);1H. The van der Waals surface area contributed by atoms with Crippen LogP contribution in [0.4, 0.5) is 5.69 Å². The predicted octanol–water partition coefficient (Wildman–Crippen LogP) is 1.67. The molecule has 0 saturated heterocycles. The molecule has 1 aromatic heterocycles. The molecular weight excluding hydrogens is 276 g/mol. The molecule has 0 saturated carbocycles. The minimum atomic E-state index is 0. The number of anilines is 1. The molecule has 0 aliphatic carbocycles. The second-order valence-corrected chi connectivity index (χ2v) is 4.42. The zero-order chi connectivity index (χ0) is 13.7. The maximum Gasteiger partial charge on any atom is 0.220 e. The molecule has 0 aliphatic rings. The van der Waals surface area contributed by atoms with E-state index in [4.69, 9.17) is 5.73 Å². The van der Waals surface area contributed by atoms with Crippen LogP contribution in [0.5, 0.6) is 0 Å². The Hall–Kier alpha value is -2.01. The van der Waals surface area contributed by atoms with Gasteiger partial charge in [-0.05, 0) is 24.1 Å². The number of amides is 1. The summed E-state index contributed by atoms with van der Waals surface area (Å²) in [5, 5.41) is 6.92. The van der Waals surface area contributed by atoms with Crippen molar-refractivity contribution >= 4 is 24.0 Å². The largest absolute Gasteiger partial charge is 0.399 e. The summed E-state index contributed by atoms with van der Waals surface area (Å²) in [6.45, 7) is 0.500. The van der Waals surface area contributed by atoms with Gasteiger partial charge >= 0.3 is 0 Å². The first kappa shape index (κ1) is 16.0. The molecule has 108 valence electrons. The van der Waals surface area contributed by atoms with Gasteiger partial charge in [-0.2, -0.15) is 5.10 Å². The highest BCUT2D eigenvalue weighted by Crippen LogP contribution is 2.12. The lowest BCUT2D eigenvalue weighted by Crippen LogP contribution is -2.24. The summed E-state index contributed by atoms with van der Waals surface area (Å²) in [7, 11) is 1.85. The van der Waals surface area contributed by atoms with Crippen LogP contribution in [-0.4, -0.2) is 15.7 Å². The lowest BCUT2D eigenvalue weighted by atomic mass is 10.1. The first-order valence-electron chi connectivity index (χ1n) is 6.24. The number of nitrogen functional groups attached to an aromatic ring is 1. The third-order valence-corrected chi connectivity index (χ3v) is 3.07. The molecular formula is C14H19ClN4O. The zero-order valence-electron chi connectivity index (χ0n) is 11.4. The molecule has 0 aliphatic heterocycles. The Labute approximate surface area is 124 Å². The third-order valence-electron chi connectivity index (χ3n) is 3.07. The molecule has 2 aromatic rings. The molecule has 1 heterocycles. The molecule has 0 unspecified atom stereocenters. The maximum atomic E-state index is 11.8. The monoisotopic (exact) mass is 294 g/mol. The van der Waals surface area contributed by atoms with Crippen LogP contribution in [0.2, 0.25) is 0 Å². The molecule has 1 aromatic carbocycles. The second kappa shape index (κ2) is 7.55. The van der Waals surface area contributed by atoms with Crippen LogP contribution in [0.3, 0.4) is 0 Å². The summed E-state index contributed by atoms with van der Waals surface area (Å²) < 4.78 is 1.75. The molecule has 0 atom stereocenters. The third kappa shape index (κ3) is 4.28. The van der Waals surface area contributed by atoms with Crippen molar-refractivity contribution in [2.75, 3.05) is 5.73 Å². The minimum Gasteiger partial charge on any atom is -0.399 e. The van der Waals surface area contributed by atoms with Gasteiger partial charge in [0.2, 0.25) is 5.91 Å². The number of nitrogens with zero attached hydrogens (tertiary/aromatic N) is 2. The number of nitrogens with two attached hydrogens (primary N) is 1. The molecule has 0 radical (unpaired) electrons. The Bertz CT molecular complexity index is 568. The van der Waals surface area contributed by atoms with Gasteiger partial charge in [-0.25, -0.2) is 0 Å². The van der Waals surface area contributed by atoms with Crippen LogP contribution in [0.15, 0.2) is 36.5 Å². The van der Waals surface area contributed by atoms with Crippen molar-refractivity contribution in [1.82, 2.24) is 15.1 Å². The van der Waals surface area contributed by atoms with E-state index in [1.165, 1.54) is 0 Å². The zero-order valence-corrected chi connectivity index (χ0v) is 12.2. The molecule has 0 spiro atoms. The van der Waals surface area contributed by atoms with Crippen molar-refractivity contribution in [1.29, 1.82) is 0 Å². The second-order valence-electron chi connectivity index (χ2n) is 4.42. The Morgan fingerprint density at radius 2 is 2.10 bits per heavy atom. The maximum absolute atomic E-state index is 11.8. The van der Waals surface area contributed by atoms with E-state index in [0.717, 1.165) is 16.9 Å². The van der Waals surface area contributed by atoms with Crippen molar-refractivity contribution in [3.8, 4) is 0 Å². The predicted molar refractivity (Wildman–Crippen MR) is 81.5 cm³/mol. The number of para-hydroxylation sites is 1. The van der Waals surface area contributed by atoms with Gasteiger partial charge in [0.25, 0.3) is 0 Å². The Kier molecular flexibility index (Phi) is 6.06. The first-order chi connectivity index (χ1) is 9.16. The van der Waals surface area contributed by atoms with Crippen molar-refractivity contribution in [3.05, 3.63) is 47.8 Å². The van der Waals surface area contributed by atoms with E-state index < -0.39 is 0 Å². The number of rotatable bonds is 5. The first-order valence-corrected chi connectivity index (χ1v) is 6.24. The molecule has 20 heavy (non-hydrogen) atoms. The van der Waals surface area contributed by atoms with Crippen molar-refractivity contribution in [2.24, 2.45) is 7.05 Å². The number of aryl methyl sites for hydroxylation is 2. The minimum absolute atomic E-state index is 0. The molecule has 1 amide bonds. The average molecular weight is 295 g/mol. The van der Waals surface area contributed by atoms with Gasteiger partial charge in [-0.15, -0.1) is 12.4 Å². The van der Waals surface area contributed by atoms with E-state index in [2.05, 4.69) is 10.4 Å². The van der Waals surface area contributed by atoms with E-state index in [1.807, 2.05) is 37.4 Å². The van der Waals surface area contributed by atoms with E-state index >= 15 is 0 Å². The fourth-order valence-corrected chi connectivity index (χ4v) is 1.86. The number of carbonyl (C=O) groups is 1. The van der Waals surface area contributed by atoms with Gasteiger partial charge in [-0.1, -0.05) is 18.2 Å². The molecule has 2 rings (SSSR count). The summed E-state index contributed by atoms with van der Waals surface area (Å²) in [5.41, 5.74) is 8.56.